The molecule has 3 aliphatic rings. The first-order valence-corrected chi connectivity index (χ1v) is 14.7. The van der Waals surface area contributed by atoms with Crippen LogP contribution >= 0.6 is 0 Å². The van der Waals surface area contributed by atoms with Gasteiger partial charge < -0.3 is 9.55 Å². The number of aromatic amines is 1. The van der Waals surface area contributed by atoms with Gasteiger partial charge in [-0.15, -0.1) is 0 Å². The number of hydrogen-bond donors (Lipinski definition) is 1. The second kappa shape index (κ2) is 10.4. The molecule has 4 nitrogen and oxygen atoms in total. The maximum atomic E-state index is 5.22. The first-order chi connectivity index (χ1) is 19.4. The Balaban J connectivity index is 1.69. The summed E-state index contributed by atoms with van der Waals surface area (Å²) < 4.78 is 2.26. The van der Waals surface area contributed by atoms with Gasteiger partial charge in [0.15, 0.2) is 0 Å². The zero-order valence-corrected chi connectivity index (χ0v) is 24.5. The molecule has 1 N–H and O–H groups in total. The van der Waals surface area contributed by atoms with Gasteiger partial charge in [0.2, 0.25) is 0 Å². The van der Waals surface area contributed by atoms with Gasteiger partial charge in [-0.1, -0.05) is 45.9 Å². The van der Waals surface area contributed by atoms with Crippen LogP contribution in [0.15, 0.2) is 86.3 Å². The first kappa shape index (κ1) is 26.1. The molecule has 3 aliphatic heterocycles. The maximum Gasteiger partial charge on any atom is 0.0693 e. The predicted molar refractivity (Wildman–Crippen MR) is 170 cm³/mol. The highest BCUT2D eigenvalue weighted by Crippen LogP contribution is 2.33. The van der Waals surface area contributed by atoms with Crippen LogP contribution in [-0.2, 0) is 12.8 Å². The van der Waals surface area contributed by atoms with Crippen molar-refractivity contribution in [2.45, 2.75) is 67.2 Å². The Morgan fingerprint density at radius 1 is 0.675 bits per heavy atom. The fraction of sp³-hybridized carbons (Fsp3) is 0.278. The molecule has 0 spiro atoms. The summed E-state index contributed by atoms with van der Waals surface area (Å²) in [6, 6.07) is 12.8. The van der Waals surface area contributed by atoms with Crippen LogP contribution in [0, 0.1) is 0 Å². The second-order valence-electron chi connectivity index (χ2n) is 10.8. The smallest absolute Gasteiger partial charge is 0.0693 e. The second-order valence-corrected chi connectivity index (χ2v) is 10.8. The molecular formula is C36H38N4. The summed E-state index contributed by atoms with van der Waals surface area (Å²) in [4.78, 5) is 14.2. The molecule has 6 rings (SSSR count). The highest BCUT2D eigenvalue weighted by molar-refractivity contribution is 6.24. The summed E-state index contributed by atoms with van der Waals surface area (Å²) in [6.07, 6.45) is 15.1. The van der Waals surface area contributed by atoms with E-state index in [1.54, 1.807) is 0 Å². The largest absolute Gasteiger partial charge is 0.355 e. The molecule has 5 heterocycles. The van der Waals surface area contributed by atoms with Crippen LogP contribution in [0.3, 0.4) is 0 Å². The number of fused-ring (bicyclic) bond motifs is 6. The molecule has 0 saturated heterocycles. The molecule has 0 radical (unpaired) electrons. The number of rotatable bonds is 5. The van der Waals surface area contributed by atoms with Crippen LogP contribution in [0.5, 0.6) is 0 Å². The van der Waals surface area contributed by atoms with Gasteiger partial charge in [0, 0.05) is 28.3 Å². The lowest BCUT2D eigenvalue weighted by Crippen LogP contribution is -2.16. The summed E-state index contributed by atoms with van der Waals surface area (Å²) in [5.41, 5.74) is 15.5. The van der Waals surface area contributed by atoms with Crippen molar-refractivity contribution in [2.24, 2.45) is 9.98 Å². The van der Waals surface area contributed by atoms with Gasteiger partial charge in [0.1, 0.15) is 0 Å². The van der Waals surface area contributed by atoms with E-state index >= 15 is 0 Å². The van der Waals surface area contributed by atoms with Crippen molar-refractivity contribution >= 4 is 35.7 Å². The van der Waals surface area contributed by atoms with Gasteiger partial charge in [-0.2, -0.15) is 0 Å². The standard InChI is InChI=1S/C36H38N4/c1-7-27-22(5)31-17-24-16-26(40(21-24)25-14-12-11-13-15-25)18-32-23(6)28(8-2)34(38-32)20-36-30(10-4)29(9-3)35(39-36)19-33(27)37-31/h11-21,39H,7-10H2,1-6H3. The lowest BCUT2D eigenvalue weighted by atomic mass is 10.0. The molecule has 40 heavy (non-hydrogen) atoms. The monoisotopic (exact) mass is 526 g/mol. The molecule has 3 aromatic rings. The molecule has 0 fully saturated rings. The lowest BCUT2D eigenvalue weighted by Gasteiger charge is -2.07. The Morgan fingerprint density at radius 2 is 1.23 bits per heavy atom. The van der Waals surface area contributed by atoms with Crippen molar-refractivity contribution in [1.29, 1.82) is 0 Å². The van der Waals surface area contributed by atoms with Gasteiger partial charge in [-0.25, -0.2) is 9.98 Å². The molecule has 0 aliphatic carbocycles. The van der Waals surface area contributed by atoms with E-state index in [-0.39, 0.29) is 0 Å². The maximum absolute atomic E-state index is 5.22. The summed E-state index contributed by atoms with van der Waals surface area (Å²) in [7, 11) is 0. The number of allylic oxidation sites excluding steroid dienone is 4. The van der Waals surface area contributed by atoms with Crippen molar-refractivity contribution in [3.63, 3.8) is 0 Å². The normalized spacial score (nSPS) is 16.4. The van der Waals surface area contributed by atoms with Crippen LogP contribution < -0.4 is 10.7 Å². The Kier molecular flexibility index (Phi) is 6.79. The van der Waals surface area contributed by atoms with E-state index in [4.69, 9.17) is 9.98 Å². The van der Waals surface area contributed by atoms with Gasteiger partial charge in [0.25, 0.3) is 0 Å². The van der Waals surface area contributed by atoms with E-state index in [0.29, 0.717) is 0 Å². The van der Waals surface area contributed by atoms with Crippen LogP contribution in [-0.4, -0.2) is 21.0 Å². The predicted octanol–water partition coefficient (Wildman–Crippen LogP) is 7.25. The van der Waals surface area contributed by atoms with Gasteiger partial charge in [-0.3, -0.25) is 0 Å². The highest BCUT2D eigenvalue weighted by atomic mass is 15.0. The zero-order valence-electron chi connectivity index (χ0n) is 24.5. The van der Waals surface area contributed by atoms with Crippen molar-refractivity contribution in [1.82, 2.24) is 9.55 Å². The number of H-pyrrole nitrogens is 1. The molecule has 2 aromatic heterocycles. The number of benzene rings is 1. The van der Waals surface area contributed by atoms with Gasteiger partial charge >= 0.3 is 0 Å². The third-order valence-corrected chi connectivity index (χ3v) is 8.53. The Bertz CT molecular complexity index is 1830. The van der Waals surface area contributed by atoms with E-state index in [9.17, 15) is 0 Å². The van der Waals surface area contributed by atoms with Crippen molar-refractivity contribution in [3.8, 4) is 5.69 Å². The van der Waals surface area contributed by atoms with Crippen LogP contribution in [0.4, 0.5) is 0 Å². The Morgan fingerprint density at radius 3 is 1.75 bits per heavy atom. The fourth-order valence-electron chi connectivity index (χ4n) is 6.42. The molecule has 0 saturated carbocycles. The van der Waals surface area contributed by atoms with E-state index in [2.05, 4.69) is 118 Å². The topological polar surface area (TPSA) is 45.4 Å². The third-order valence-electron chi connectivity index (χ3n) is 8.53. The summed E-state index contributed by atoms with van der Waals surface area (Å²) in [5.74, 6) is 0. The summed E-state index contributed by atoms with van der Waals surface area (Å²) in [5, 5.41) is 2.33. The van der Waals surface area contributed by atoms with E-state index in [0.717, 1.165) is 65.4 Å². The highest BCUT2D eigenvalue weighted by Gasteiger charge is 2.22. The van der Waals surface area contributed by atoms with E-state index < -0.39 is 0 Å². The zero-order chi connectivity index (χ0) is 28.0. The molecule has 4 heteroatoms. The lowest BCUT2D eigenvalue weighted by molar-refractivity contribution is 1.04. The van der Waals surface area contributed by atoms with Crippen molar-refractivity contribution < 1.29 is 0 Å². The number of hydrogen-bond acceptors (Lipinski definition) is 2. The SMILES string of the molecule is CCC1=C(C)C2=Cc3cc(n(-c4ccccc4)c3)C=C3N=C(C=c4[nH]c(c(CC)c4CC)=CC1=N2)C(CC)=C3C. The van der Waals surface area contributed by atoms with Crippen molar-refractivity contribution in [3.05, 3.63) is 109 Å². The minimum atomic E-state index is 0.943. The van der Waals surface area contributed by atoms with E-state index in [1.807, 2.05) is 0 Å². The molecule has 202 valence electrons. The Hall–Kier alpha value is -4.18. The molecule has 8 bridgehead atoms. The average molecular weight is 527 g/mol. The fourth-order valence-corrected chi connectivity index (χ4v) is 6.42. The number of nitrogens with one attached hydrogen (secondary N) is 1. The van der Waals surface area contributed by atoms with Crippen LogP contribution in [0.2, 0.25) is 0 Å². The molecule has 0 atom stereocenters. The quantitative estimate of drug-likeness (QED) is 0.364. The van der Waals surface area contributed by atoms with Gasteiger partial charge in [-0.05, 0) is 121 Å². The van der Waals surface area contributed by atoms with Gasteiger partial charge in [0.05, 0.1) is 22.8 Å². The summed E-state index contributed by atoms with van der Waals surface area (Å²) >= 11 is 0. The first-order valence-electron chi connectivity index (χ1n) is 14.7. The van der Waals surface area contributed by atoms with Crippen LogP contribution in [0.25, 0.3) is 30.0 Å². The average Bonchev–Trinajstić information content (AvgIpc) is 3.67. The number of aliphatic imine (C=N–C) groups is 2. The molecular weight excluding hydrogens is 488 g/mol. The van der Waals surface area contributed by atoms with E-state index in [1.165, 1.54) is 44.1 Å². The minimum absolute atomic E-state index is 0.943. The van der Waals surface area contributed by atoms with Crippen molar-refractivity contribution in [2.75, 3.05) is 0 Å². The number of aromatic nitrogens is 2. The van der Waals surface area contributed by atoms with Crippen LogP contribution in [0.1, 0.15) is 76.8 Å². The number of para-hydroxylation sites is 1. The number of nitrogens with zero attached hydrogens (tertiary/aromatic N) is 3. The summed E-state index contributed by atoms with van der Waals surface area (Å²) in [6.45, 7) is 13.4. The molecule has 0 unspecified atom stereocenters. The third kappa shape index (κ3) is 4.32. The molecule has 1 aromatic carbocycles. The Labute approximate surface area is 237 Å². The minimum Gasteiger partial charge on any atom is -0.355 e. The molecule has 0 amide bonds.